The highest BCUT2D eigenvalue weighted by Gasteiger charge is 2.29. The summed E-state index contributed by atoms with van der Waals surface area (Å²) in [6, 6.07) is 15.4. The molecule has 7 nitrogen and oxygen atoms in total. The van der Waals surface area contributed by atoms with Gasteiger partial charge in [0, 0.05) is 19.6 Å². The molecule has 2 heterocycles. The second-order valence-corrected chi connectivity index (χ2v) is 10.4. The van der Waals surface area contributed by atoms with E-state index >= 15 is 0 Å². The number of alkyl halides is 1. The molecule has 37 heavy (non-hydrogen) atoms. The average molecular weight is 512 g/mol. The van der Waals surface area contributed by atoms with Gasteiger partial charge in [-0.1, -0.05) is 36.4 Å². The smallest absolute Gasteiger partial charge is 0.410 e. The van der Waals surface area contributed by atoms with Gasteiger partial charge >= 0.3 is 6.09 Å². The van der Waals surface area contributed by atoms with E-state index in [0.29, 0.717) is 45.0 Å². The number of benzene rings is 2. The third kappa shape index (κ3) is 7.44. The zero-order valence-corrected chi connectivity index (χ0v) is 21.8. The SMILES string of the molecule is CC(C)OC(=O)N1CCC(COc2ccc(-c3ccc(C[C@H](N)C(=O)N4CC[C@H](F)C4)cc3)cc2)CC1. The minimum atomic E-state index is -0.938. The summed E-state index contributed by atoms with van der Waals surface area (Å²) in [6.45, 7) is 6.34. The fourth-order valence-electron chi connectivity index (χ4n) is 4.84. The normalized spacial score (nSPS) is 19.2. The van der Waals surface area contributed by atoms with Crippen LogP contribution in [0.3, 0.4) is 0 Å². The first-order valence-corrected chi connectivity index (χ1v) is 13.2. The Morgan fingerprint density at radius 2 is 1.54 bits per heavy atom. The van der Waals surface area contributed by atoms with Crippen LogP contribution in [0, 0.1) is 5.92 Å². The van der Waals surface area contributed by atoms with Crippen molar-refractivity contribution in [3.63, 3.8) is 0 Å². The molecule has 0 spiro atoms. The molecule has 2 aliphatic heterocycles. The zero-order chi connectivity index (χ0) is 26.4. The topological polar surface area (TPSA) is 85.1 Å². The van der Waals surface area contributed by atoms with Gasteiger partial charge in [0.15, 0.2) is 0 Å². The molecule has 2 aromatic carbocycles. The monoisotopic (exact) mass is 511 g/mol. The third-order valence-electron chi connectivity index (χ3n) is 7.05. The van der Waals surface area contributed by atoms with Crippen LogP contribution in [0.4, 0.5) is 9.18 Å². The Morgan fingerprint density at radius 3 is 2.11 bits per heavy atom. The largest absolute Gasteiger partial charge is 0.493 e. The van der Waals surface area contributed by atoms with Crippen molar-refractivity contribution < 1.29 is 23.5 Å². The van der Waals surface area contributed by atoms with E-state index in [0.717, 1.165) is 35.3 Å². The zero-order valence-electron chi connectivity index (χ0n) is 21.8. The Balaban J connectivity index is 1.22. The Kier molecular flexibility index (Phi) is 9.03. The van der Waals surface area contributed by atoms with E-state index in [1.165, 1.54) is 4.90 Å². The Hall–Kier alpha value is -3.13. The van der Waals surface area contributed by atoms with Gasteiger partial charge in [-0.2, -0.15) is 0 Å². The maximum atomic E-state index is 13.4. The lowest BCUT2D eigenvalue weighted by Crippen LogP contribution is -2.44. The Morgan fingerprint density at radius 1 is 0.946 bits per heavy atom. The molecule has 2 N–H and O–H groups in total. The fraction of sp³-hybridized carbons (Fsp3) is 0.517. The molecule has 2 aromatic rings. The molecule has 2 aliphatic rings. The van der Waals surface area contributed by atoms with Crippen LogP contribution >= 0.6 is 0 Å². The molecule has 0 aliphatic carbocycles. The third-order valence-corrected chi connectivity index (χ3v) is 7.05. The van der Waals surface area contributed by atoms with Crippen molar-refractivity contribution >= 4 is 12.0 Å². The molecule has 0 saturated carbocycles. The number of carbonyl (C=O) groups excluding carboxylic acids is 2. The highest BCUT2D eigenvalue weighted by atomic mass is 19.1. The quantitative estimate of drug-likeness (QED) is 0.567. The molecule has 0 aromatic heterocycles. The highest BCUT2D eigenvalue weighted by Crippen LogP contribution is 2.25. The van der Waals surface area contributed by atoms with E-state index in [4.69, 9.17) is 15.2 Å². The van der Waals surface area contributed by atoms with Gasteiger partial charge in [-0.25, -0.2) is 9.18 Å². The Labute approximate surface area is 218 Å². The van der Waals surface area contributed by atoms with Crippen molar-refractivity contribution in [3.8, 4) is 16.9 Å². The van der Waals surface area contributed by atoms with E-state index in [9.17, 15) is 14.0 Å². The number of carbonyl (C=O) groups is 2. The fourth-order valence-corrected chi connectivity index (χ4v) is 4.84. The predicted octanol–water partition coefficient (Wildman–Crippen LogP) is 4.43. The molecular formula is C29H38FN3O4. The second kappa shape index (κ2) is 12.4. The summed E-state index contributed by atoms with van der Waals surface area (Å²) in [6.07, 6.45) is 1.36. The highest BCUT2D eigenvalue weighted by molar-refractivity contribution is 5.82. The number of nitrogens with two attached hydrogens (primary N) is 1. The number of piperidine rings is 1. The van der Waals surface area contributed by atoms with Crippen molar-refractivity contribution in [2.75, 3.05) is 32.8 Å². The first-order valence-electron chi connectivity index (χ1n) is 13.2. The van der Waals surface area contributed by atoms with Crippen molar-refractivity contribution in [1.29, 1.82) is 0 Å². The average Bonchev–Trinajstić information content (AvgIpc) is 3.34. The lowest BCUT2D eigenvalue weighted by molar-refractivity contribution is -0.131. The van der Waals surface area contributed by atoms with Crippen LogP contribution in [0.2, 0.25) is 0 Å². The molecule has 2 atom stereocenters. The summed E-state index contributed by atoms with van der Waals surface area (Å²) in [7, 11) is 0. The summed E-state index contributed by atoms with van der Waals surface area (Å²) in [5, 5.41) is 0. The summed E-state index contributed by atoms with van der Waals surface area (Å²) in [5.74, 6) is 1.06. The maximum absolute atomic E-state index is 13.4. The lowest BCUT2D eigenvalue weighted by atomic mass is 9.98. The number of halogens is 1. The molecule has 2 fully saturated rings. The maximum Gasteiger partial charge on any atom is 0.410 e. The van der Waals surface area contributed by atoms with Gasteiger partial charge in [0.05, 0.1) is 25.3 Å². The van der Waals surface area contributed by atoms with Crippen LogP contribution in [0.15, 0.2) is 48.5 Å². The molecule has 4 rings (SSSR count). The molecule has 0 unspecified atom stereocenters. The number of hydrogen-bond acceptors (Lipinski definition) is 5. The minimum Gasteiger partial charge on any atom is -0.493 e. The van der Waals surface area contributed by atoms with Crippen LogP contribution in [-0.2, 0) is 16.0 Å². The van der Waals surface area contributed by atoms with Crippen LogP contribution in [0.5, 0.6) is 5.75 Å². The predicted molar refractivity (Wildman–Crippen MR) is 141 cm³/mol. The minimum absolute atomic E-state index is 0.101. The number of likely N-dealkylation sites (tertiary alicyclic amines) is 2. The van der Waals surface area contributed by atoms with Crippen molar-refractivity contribution in [1.82, 2.24) is 9.80 Å². The number of rotatable bonds is 8. The summed E-state index contributed by atoms with van der Waals surface area (Å²) in [5.41, 5.74) is 9.22. The van der Waals surface area contributed by atoms with Crippen LogP contribution in [0.1, 0.15) is 38.7 Å². The summed E-state index contributed by atoms with van der Waals surface area (Å²) < 4.78 is 24.7. The molecule has 200 valence electrons. The van der Waals surface area contributed by atoms with Crippen molar-refractivity contribution in [2.24, 2.45) is 11.7 Å². The molecule has 2 saturated heterocycles. The van der Waals surface area contributed by atoms with Gasteiger partial charge in [-0.15, -0.1) is 0 Å². The van der Waals surface area contributed by atoms with Crippen LogP contribution < -0.4 is 10.5 Å². The molecular weight excluding hydrogens is 473 g/mol. The van der Waals surface area contributed by atoms with Gasteiger partial charge in [-0.3, -0.25) is 4.79 Å². The van der Waals surface area contributed by atoms with Gasteiger partial charge in [0.25, 0.3) is 0 Å². The first kappa shape index (κ1) is 26.9. The van der Waals surface area contributed by atoms with E-state index in [1.54, 1.807) is 4.90 Å². The van der Waals surface area contributed by atoms with Crippen LogP contribution in [-0.4, -0.2) is 72.9 Å². The van der Waals surface area contributed by atoms with E-state index in [2.05, 4.69) is 0 Å². The number of nitrogens with zero attached hydrogens (tertiary/aromatic N) is 2. The molecule has 2 amide bonds. The van der Waals surface area contributed by atoms with Gasteiger partial charge in [0.1, 0.15) is 11.9 Å². The second-order valence-electron chi connectivity index (χ2n) is 10.4. The number of ether oxygens (including phenoxy) is 2. The van der Waals surface area contributed by atoms with Crippen molar-refractivity contribution in [2.45, 2.75) is 57.8 Å². The number of hydrogen-bond donors (Lipinski definition) is 1. The van der Waals surface area contributed by atoms with Crippen molar-refractivity contribution in [3.05, 3.63) is 54.1 Å². The first-order chi connectivity index (χ1) is 17.8. The Bertz CT molecular complexity index is 1040. The van der Waals surface area contributed by atoms with Gasteiger partial charge in [-0.05, 0) is 74.3 Å². The standard InChI is InChI=1S/C29H38FN3O4/c1-20(2)37-29(35)32-14-11-22(12-15-32)19-36-26-9-7-24(8-10-26)23-5-3-21(4-6-23)17-27(31)28(34)33-16-13-25(30)18-33/h3-10,20,22,25,27H,11-19,31H2,1-2H3/t25-,27-/m0/s1. The summed E-state index contributed by atoms with van der Waals surface area (Å²) >= 11 is 0. The van der Waals surface area contributed by atoms with Gasteiger partial charge in [0.2, 0.25) is 5.91 Å². The molecule has 0 bridgehead atoms. The number of amides is 2. The molecule has 0 radical (unpaired) electrons. The lowest BCUT2D eigenvalue weighted by Gasteiger charge is -2.31. The van der Waals surface area contributed by atoms with E-state index in [-0.39, 0.29) is 24.6 Å². The van der Waals surface area contributed by atoms with E-state index in [1.807, 2.05) is 62.4 Å². The van der Waals surface area contributed by atoms with Gasteiger partial charge < -0.3 is 25.0 Å². The molecule has 8 heteroatoms. The van der Waals surface area contributed by atoms with Crippen LogP contribution in [0.25, 0.3) is 11.1 Å². The van der Waals surface area contributed by atoms with E-state index < -0.39 is 12.2 Å². The summed E-state index contributed by atoms with van der Waals surface area (Å²) in [4.78, 5) is 27.8.